The lowest BCUT2D eigenvalue weighted by molar-refractivity contribution is 0.456. The maximum absolute atomic E-state index is 12.2. The van der Waals surface area contributed by atoms with Gasteiger partial charge in [-0.2, -0.15) is 0 Å². The number of benzene rings is 1. The van der Waals surface area contributed by atoms with Crippen LogP contribution in [0.4, 0.5) is 0 Å². The average Bonchev–Trinajstić information content (AvgIpc) is 2.87. The quantitative estimate of drug-likeness (QED) is 0.797. The molecule has 0 aliphatic carbocycles. The zero-order valence-corrected chi connectivity index (χ0v) is 12.3. The van der Waals surface area contributed by atoms with Crippen molar-refractivity contribution in [1.82, 2.24) is 5.32 Å². The van der Waals surface area contributed by atoms with Crippen molar-refractivity contribution in [2.45, 2.75) is 30.5 Å². The van der Waals surface area contributed by atoms with Crippen LogP contribution in [0.1, 0.15) is 24.9 Å². The SMILES string of the molecule is CCCNCc1ccc(CS(=O)(=O)c2ccccc2)o1. The molecule has 0 spiro atoms. The summed E-state index contributed by atoms with van der Waals surface area (Å²) in [5, 5.41) is 3.22. The van der Waals surface area contributed by atoms with Crippen molar-refractivity contribution in [3.63, 3.8) is 0 Å². The van der Waals surface area contributed by atoms with E-state index < -0.39 is 9.84 Å². The molecule has 0 bridgehead atoms. The van der Waals surface area contributed by atoms with Gasteiger partial charge in [-0.05, 0) is 37.2 Å². The molecular formula is C15H19NO3S. The van der Waals surface area contributed by atoms with Crippen LogP contribution in [-0.4, -0.2) is 15.0 Å². The molecule has 108 valence electrons. The van der Waals surface area contributed by atoms with Gasteiger partial charge in [0.1, 0.15) is 17.3 Å². The zero-order valence-electron chi connectivity index (χ0n) is 11.5. The monoisotopic (exact) mass is 293 g/mol. The number of rotatable bonds is 7. The molecule has 0 unspecified atom stereocenters. The van der Waals surface area contributed by atoms with Crippen molar-refractivity contribution in [2.24, 2.45) is 0 Å². The molecule has 1 aromatic heterocycles. The van der Waals surface area contributed by atoms with Gasteiger partial charge in [-0.25, -0.2) is 8.42 Å². The van der Waals surface area contributed by atoms with Gasteiger partial charge < -0.3 is 9.73 Å². The van der Waals surface area contributed by atoms with Gasteiger partial charge in [-0.1, -0.05) is 25.1 Å². The second-order valence-corrected chi connectivity index (χ2v) is 6.61. The highest BCUT2D eigenvalue weighted by atomic mass is 32.2. The van der Waals surface area contributed by atoms with Crippen LogP contribution in [0.25, 0.3) is 0 Å². The summed E-state index contributed by atoms with van der Waals surface area (Å²) in [5.41, 5.74) is 0. The van der Waals surface area contributed by atoms with Crippen molar-refractivity contribution in [2.75, 3.05) is 6.54 Å². The van der Waals surface area contributed by atoms with Gasteiger partial charge in [0.05, 0.1) is 11.4 Å². The maximum atomic E-state index is 12.2. The van der Waals surface area contributed by atoms with E-state index in [2.05, 4.69) is 12.2 Å². The van der Waals surface area contributed by atoms with Crippen LogP contribution < -0.4 is 5.32 Å². The fourth-order valence-electron chi connectivity index (χ4n) is 1.88. The summed E-state index contributed by atoms with van der Waals surface area (Å²) in [5.74, 6) is 1.13. The first kappa shape index (κ1) is 14.8. The normalized spacial score (nSPS) is 11.7. The summed E-state index contributed by atoms with van der Waals surface area (Å²) in [6.07, 6.45) is 1.05. The predicted octanol–water partition coefficient (Wildman–Crippen LogP) is 2.75. The first-order valence-electron chi connectivity index (χ1n) is 6.68. The Balaban J connectivity index is 2.03. The van der Waals surface area contributed by atoms with Crippen LogP contribution in [0, 0.1) is 0 Å². The summed E-state index contributed by atoms with van der Waals surface area (Å²) in [6, 6.07) is 12.0. The molecule has 2 rings (SSSR count). The Hall–Kier alpha value is -1.59. The lowest BCUT2D eigenvalue weighted by atomic mass is 10.4. The van der Waals surface area contributed by atoms with E-state index in [-0.39, 0.29) is 5.75 Å². The van der Waals surface area contributed by atoms with Crippen molar-refractivity contribution < 1.29 is 12.8 Å². The Bertz CT molecular complexity index is 632. The Kier molecular flexibility index (Phi) is 4.98. The number of hydrogen-bond donors (Lipinski definition) is 1. The molecule has 0 fully saturated rings. The van der Waals surface area contributed by atoms with E-state index in [1.807, 2.05) is 6.07 Å². The zero-order chi connectivity index (χ0) is 14.4. The Labute approximate surface area is 119 Å². The minimum atomic E-state index is -3.34. The highest BCUT2D eigenvalue weighted by Gasteiger charge is 2.17. The van der Waals surface area contributed by atoms with E-state index in [0.29, 0.717) is 17.2 Å². The molecule has 0 aliphatic heterocycles. The van der Waals surface area contributed by atoms with E-state index in [1.54, 1.807) is 36.4 Å². The number of furan rings is 1. The summed E-state index contributed by atoms with van der Waals surface area (Å²) in [7, 11) is -3.34. The van der Waals surface area contributed by atoms with Crippen LogP contribution in [-0.2, 0) is 22.1 Å². The minimum absolute atomic E-state index is 0.106. The van der Waals surface area contributed by atoms with Crippen LogP contribution in [0.5, 0.6) is 0 Å². The predicted molar refractivity (Wildman–Crippen MR) is 78.0 cm³/mol. The van der Waals surface area contributed by atoms with E-state index in [4.69, 9.17) is 4.42 Å². The Morgan fingerprint density at radius 1 is 1.05 bits per heavy atom. The van der Waals surface area contributed by atoms with Crippen molar-refractivity contribution in [1.29, 1.82) is 0 Å². The topological polar surface area (TPSA) is 59.3 Å². The number of nitrogens with one attached hydrogen (secondary N) is 1. The molecule has 0 radical (unpaired) electrons. The molecule has 0 saturated heterocycles. The molecule has 1 aromatic carbocycles. The molecule has 0 saturated carbocycles. The van der Waals surface area contributed by atoms with Crippen LogP contribution in [0.15, 0.2) is 51.8 Å². The van der Waals surface area contributed by atoms with Gasteiger partial charge in [0.15, 0.2) is 9.84 Å². The Morgan fingerprint density at radius 2 is 1.75 bits per heavy atom. The van der Waals surface area contributed by atoms with Gasteiger partial charge in [0.2, 0.25) is 0 Å². The molecule has 1 N–H and O–H groups in total. The highest BCUT2D eigenvalue weighted by Crippen LogP contribution is 2.17. The lowest BCUT2D eigenvalue weighted by Crippen LogP contribution is -2.13. The molecular weight excluding hydrogens is 274 g/mol. The average molecular weight is 293 g/mol. The van der Waals surface area contributed by atoms with Gasteiger partial charge in [0, 0.05) is 0 Å². The fraction of sp³-hybridized carbons (Fsp3) is 0.333. The molecule has 0 amide bonds. The summed E-state index contributed by atoms with van der Waals surface area (Å²) in [4.78, 5) is 0.321. The standard InChI is InChI=1S/C15H19NO3S/c1-2-10-16-11-13-8-9-14(19-13)12-20(17,18)15-6-4-3-5-7-15/h3-9,16H,2,10-12H2,1H3. The first-order valence-corrected chi connectivity index (χ1v) is 8.33. The third-order valence-electron chi connectivity index (χ3n) is 2.88. The van der Waals surface area contributed by atoms with Crippen molar-refractivity contribution in [3.05, 3.63) is 54.0 Å². The second kappa shape index (κ2) is 6.72. The first-order chi connectivity index (χ1) is 9.62. The largest absolute Gasteiger partial charge is 0.464 e. The second-order valence-electron chi connectivity index (χ2n) is 4.62. The van der Waals surface area contributed by atoms with Gasteiger partial charge in [0.25, 0.3) is 0 Å². The van der Waals surface area contributed by atoms with Crippen LogP contribution in [0.2, 0.25) is 0 Å². The molecule has 0 aliphatic rings. The van der Waals surface area contributed by atoms with Crippen molar-refractivity contribution in [3.8, 4) is 0 Å². The van der Waals surface area contributed by atoms with E-state index in [9.17, 15) is 8.42 Å². The third kappa shape index (κ3) is 3.95. The number of hydrogen-bond acceptors (Lipinski definition) is 4. The summed E-state index contributed by atoms with van der Waals surface area (Å²) in [6.45, 7) is 3.63. The smallest absolute Gasteiger partial charge is 0.185 e. The fourth-order valence-corrected chi connectivity index (χ4v) is 3.15. The van der Waals surface area contributed by atoms with Gasteiger partial charge in [-0.15, -0.1) is 0 Å². The summed E-state index contributed by atoms with van der Waals surface area (Å²) < 4.78 is 29.9. The highest BCUT2D eigenvalue weighted by molar-refractivity contribution is 7.90. The molecule has 1 heterocycles. The van der Waals surface area contributed by atoms with E-state index in [1.165, 1.54) is 0 Å². The van der Waals surface area contributed by atoms with Gasteiger partial charge in [-0.3, -0.25) is 0 Å². The molecule has 0 atom stereocenters. The Morgan fingerprint density at radius 3 is 2.45 bits per heavy atom. The minimum Gasteiger partial charge on any atom is -0.464 e. The van der Waals surface area contributed by atoms with Crippen LogP contribution >= 0.6 is 0 Å². The van der Waals surface area contributed by atoms with E-state index >= 15 is 0 Å². The number of sulfone groups is 1. The molecule has 20 heavy (non-hydrogen) atoms. The molecule has 4 nitrogen and oxygen atoms in total. The maximum Gasteiger partial charge on any atom is 0.185 e. The third-order valence-corrected chi connectivity index (χ3v) is 4.53. The summed E-state index contributed by atoms with van der Waals surface area (Å²) >= 11 is 0. The van der Waals surface area contributed by atoms with Crippen LogP contribution in [0.3, 0.4) is 0 Å². The molecule has 5 heteroatoms. The van der Waals surface area contributed by atoms with E-state index in [0.717, 1.165) is 18.7 Å². The van der Waals surface area contributed by atoms with Gasteiger partial charge >= 0.3 is 0 Å². The lowest BCUT2D eigenvalue weighted by Gasteiger charge is -2.02. The molecule has 2 aromatic rings. The van der Waals surface area contributed by atoms with Crippen molar-refractivity contribution >= 4 is 9.84 Å².